The predicted molar refractivity (Wildman–Crippen MR) is 95.0 cm³/mol. The minimum absolute atomic E-state index is 0.919. The molecule has 0 bridgehead atoms. The molecular weight excluding hydrogens is 306 g/mol. The third kappa shape index (κ3) is 2.98. The van der Waals surface area contributed by atoms with Crippen LogP contribution in [0.3, 0.4) is 0 Å². The Morgan fingerprint density at radius 2 is 1.87 bits per heavy atom. The standard InChI is InChI=1S/C17H23N5S/c1-2-3-8-20-9-11-21(12-10-20)13-16-19-23-17-18-14-6-4-5-7-15(14)22(16)17/h4-7H,2-3,8-13H2,1H3. The number of aromatic nitrogens is 3. The van der Waals surface area contributed by atoms with Crippen molar-refractivity contribution in [3.8, 4) is 0 Å². The van der Waals surface area contributed by atoms with Gasteiger partial charge in [-0.25, -0.2) is 4.98 Å². The molecule has 23 heavy (non-hydrogen) atoms. The average Bonchev–Trinajstić information content (AvgIpc) is 3.14. The zero-order valence-electron chi connectivity index (χ0n) is 13.6. The third-order valence-corrected chi connectivity index (χ3v) is 5.42. The maximum Gasteiger partial charge on any atom is 0.214 e. The van der Waals surface area contributed by atoms with Gasteiger partial charge in [-0.05, 0) is 25.1 Å². The van der Waals surface area contributed by atoms with Crippen LogP contribution in [0.25, 0.3) is 16.0 Å². The van der Waals surface area contributed by atoms with Crippen molar-refractivity contribution >= 4 is 27.5 Å². The van der Waals surface area contributed by atoms with E-state index in [9.17, 15) is 0 Å². The summed E-state index contributed by atoms with van der Waals surface area (Å²) in [6, 6.07) is 8.33. The molecule has 0 saturated carbocycles. The highest BCUT2D eigenvalue weighted by molar-refractivity contribution is 7.11. The molecule has 2 aromatic heterocycles. The van der Waals surface area contributed by atoms with Crippen molar-refractivity contribution < 1.29 is 0 Å². The third-order valence-electron chi connectivity index (χ3n) is 4.68. The number of benzene rings is 1. The largest absolute Gasteiger partial charge is 0.301 e. The molecule has 1 fully saturated rings. The molecule has 0 amide bonds. The number of nitrogens with zero attached hydrogens (tertiary/aromatic N) is 5. The first-order valence-electron chi connectivity index (χ1n) is 8.51. The SMILES string of the molecule is CCCCN1CCN(Cc2nsc3nc4ccccc4n23)CC1. The maximum atomic E-state index is 4.67. The molecule has 6 heteroatoms. The van der Waals surface area contributed by atoms with Crippen LogP contribution in [0, 0.1) is 0 Å². The summed E-state index contributed by atoms with van der Waals surface area (Å²) in [5, 5.41) is 0. The van der Waals surface area contributed by atoms with Gasteiger partial charge in [-0.3, -0.25) is 9.30 Å². The van der Waals surface area contributed by atoms with E-state index in [0.29, 0.717) is 0 Å². The first kappa shape index (κ1) is 15.1. The van der Waals surface area contributed by atoms with E-state index in [-0.39, 0.29) is 0 Å². The van der Waals surface area contributed by atoms with Crippen molar-refractivity contribution in [3.05, 3.63) is 30.1 Å². The van der Waals surface area contributed by atoms with Gasteiger partial charge in [0.25, 0.3) is 0 Å². The van der Waals surface area contributed by atoms with Gasteiger partial charge in [-0.2, -0.15) is 4.37 Å². The molecule has 0 spiro atoms. The molecule has 0 radical (unpaired) electrons. The Balaban J connectivity index is 1.48. The molecule has 1 aromatic carbocycles. The molecule has 1 aliphatic rings. The van der Waals surface area contributed by atoms with Crippen LogP contribution in [0.5, 0.6) is 0 Å². The second kappa shape index (κ2) is 6.55. The molecule has 0 aliphatic carbocycles. The van der Waals surface area contributed by atoms with Crippen LogP contribution in [-0.2, 0) is 6.54 Å². The van der Waals surface area contributed by atoms with Crippen LogP contribution in [0.2, 0.25) is 0 Å². The van der Waals surface area contributed by atoms with Crippen LogP contribution in [0.1, 0.15) is 25.6 Å². The zero-order valence-corrected chi connectivity index (χ0v) is 14.4. The van der Waals surface area contributed by atoms with Crippen molar-refractivity contribution in [3.63, 3.8) is 0 Å². The minimum Gasteiger partial charge on any atom is -0.301 e. The number of piperazine rings is 1. The Kier molecular flexibility index (Phi) is 4.29. The molecule has 122 valence electrons. The lowest BCUT2D eigenvalue weighted by Gasteiger charge is -2.34. The molecule has 0 N–H and O–H groups in total. The van der Waals surface area contributed by atoms with E-state index in [2.05, 4.69) is 48.7 Å². The van der Waals surface area contributed by atoms with Gasteiger partial charge in [0.2, 0.25) is 4.96 Å². The molecule has 1 saturated heterocycles. The molecule has 3 heterocycles. The summed E-state index contributed by atoms with van der Waals surface area (Å²) < 4.78 is 6.88. The lowest BCUT2D eigenvalue weighted by Crippen LogP contribution is -2.46. The van der Waals surface area contributed by atoms with Gasteiger partial charge >= 0.3 is 0 Å². The van der Waals surface area contributed by atoms with E-state index in [4.69, 9.17) is 0 Å². The fourth-order valence-corrected chi connectivity index (χ4v) is 4.05. The Morgan fingerprint density at radius 1 is 1.09 bits per heavy atom. The lowest BCUT2D eigenvalue weighted by molar-refractivity contribution is 0.124. The predicted octanol–water partition coefficient (Wildman–Crippen LogP) is 2.86. The summed E-state index contributed by atoms with van der Waals surface area (Å²) in [4.78, 5) is 10.8. The van der Waals surface area contributed by atoms with E-state index in [1.165, 1.54) is 49.5 Å². The molecular formula is C17H23N5S. The van der Waals surface area contributed by atoms with Crippen molar-refractivity contribution in [2.45, 2.75) is 26.3 Å². The number of hydrogen-bond acceptors (Lipinski definition) is 5. The highest BCUT2D eigenvalue weighted by Crippen LogP contribution is 2.22. The van der Waals surface area contributed by atoms with Gasteiger partial charge in [0.1, 0.15) is 5.82 Å². The van der Waals surface area contributed by atoms with E-state index >= 15 is 0 Å². The smallest absolute Gasteiger partial charge is 0.214 e. The van der Waals surface area contributed by atoms with Gasteiger partial charge in [0, 0.05) is 37.7 Å². The van der Waals surface area contributed by atoms with Crippen molar-refractivity contribution in [1.82, 2.24) is 23.6 Å². The Bertz CT molecular complexity index is 785. The molecule has 0 atom stereocenters. The quantitative estimate of drug-likeness (QED) is 0.721. The number of rotatable bonds is 5. The maximum absolute atomic E-state index is 4.67. The molecule has 0 unspecified atom stereocenters. The van der Waals surface area contributed by atoms with Crippen LogP contribution in [0.15, 0.2) is 24.3 Å². The van der Waals surface area contributed by atoms with Gasteiger partial charge < -0.3 is 4.90 Å². The Hall–Kier alpha value is -1.50. The van der Waals surface area contributed by atoms with Crippen LogP contribution >= 0.6 is 11.5 Å². The number of para-hydroxylation sites is 2. The second-order valence-corrected chi connectivity index (χ2v) is 7.02. The summed E-state index contributed by atoms with van der Waals surface area (Å²) in [6.45, 7) is 9.05. The van der Waals surface area contributed by atoms with Gasteiger partial charge in [-0.15, -0.1) is 0 Å². The number of unbranched alkanes of at least 4 members (excludes halogenated alkanes) is 1. The van der Waals surface area contributed by atoms with Crippen LogP contribution in [0.4, 0.5) is 0 Å². The van der Waals surface area contributed by atoms with E-state index in [1.54, 1.807) is 0 Å². The van der Waals surface area contributed by atoms with Crippen molar-refractivity contribution in [1.29, 1.82) is 0 Å². The van der Waals surface area contributed by atoms with E-state index < -0.39 is 0 Å². The fourth-order valence-electron chi connectivity index (χ4n) is 3.30. The molecule has 3 aromatic rings. The van der Waals surface area contributed by atoms with Gasteiger partial charge in [0.05, 0.1) is 17.6 Å². The molecule has 5 nitrogen and oxygen atoms in total. The summed E-state index contributed by atoms with van der Waals surface area (Å²) >= 11 is 1.50. The Labute approximate surface area is 140 Å². The lowest BCUT2D eigenvalue weighted by atomic mass is 10.2. The van der Waals surface area contributed by atoms with E-state index in [1.807, 2.05) is 6.07 Å². The first-order chi connectivity index (χ1) is 11.3. The van der Waals surface area contributed by atoms with Crippen LogP contribution in [-0.4, -0.2) is 56.3 Å². The number of fused-ring (bicyclic) bond motifs is 3. The van der Waals surface area contributed by atoms with E-state index in [0.717, 1.165) is 35.9 Å². The van der Waals surface area contributed by atoms with Gasteiger partial charge in [-0.1, -0.05) is 25.5 Å². The normalized spacial score (nSPS) is 17.4. The highest BCUT2D eigenvalue weighted by atomic mass is 32.1. The zero-order chi connectivity index (χ0) is 15.6. The van der Waals surface area contributed by atoms with Crippen molar-refractivity contribution in [2.75, 3.05) is 32.7 Å². The van der Waals surface area contributed by atoms with Gasteiger partial charge in [0.15, 0.2) is 0 Å². The number of hydrogen-bond donors (Lipinski definition) is 0. The van der Waals surface area contributed by atoms with Crippen molar-refractivity contribution in [2.24, 2.45) is 0 Å². The van der Waals surface area contributed by atoms with Crippen LogP contribution < -0.4 is 0 Å². The summed E-state index contributed by atoms with van der Waals surface area (Å²) in [7, 11) is 0. The number of imidazole rings is 1. The first-order valence-corrected chi connectivity index (χ1v) is 9.29. The minimum atomic E-state index is 0.919. The Morgan fingerprint density at radius 3 is 2.70 bits per heavy atom. The summed E-state index contributed by atoms with van der Waals surface area (Å²) in [5.41, 5.74) is 2.24. The second-order valence-electron chi connectivity index (χ2n) is 6.29. The highest BCUT2D eigenvalue weighted by Gasteiger charge is 2.19. The fraction of sp³-hybridized carbons (Fsp3) is 0.529. The monoisotopic (exact) mass is 329 g/mol. The summed E-state index contributed by atoms with van der Waals surface area (Å²) in [5.74, 6) is 1.13. The average molecular weight is 329 g/mol. The molecule has 1 aliphatic heterocycles. The summed E-state index contributed by atoms with van der Waals surface area (Å²) in [6.07, 6.45) is 2.60. The molecule has 4 rings (SSSR count). The topological polar surface area (TPSA) is 36.7 Å².